The molecule has 0 aliphatic carbocycles. The van der Waals surface area contributed by atoms with Gasteiger partial charge >= 0.3 is 0 Å². The van der Waals surface area contributed by atoms with Crippen LogP contribution in [0.3, 0.4) is 0 Å². The van der Waals surface area contributed by atoms with E-state index in [1.165, 1.54) is 0 Å². The third kappa shape index (κ3) is 3.50. The maximum absolute atomic E-state index is 12.3. The highest BCUT2D eigenvalue weighted by molar-refractivity contribution is 6.31. The van der Waals surface area contributed by atoms with Crippen molar-refractivity contribution in [1.82, 2.24) is 0 Å². The van der Waals surface area contributed by atoms with Crippen LogP contribution in [0.4, 0.5) is 5.69 Å². The number of halogens is 1. The van der Waals surface area contributed by atoms with E-state index in [9.17, 15) is 4.79 Å². The van der Waals surface area contributed by atoms with Crippen molar-refractivity contribution in [3.63, 3.8) is 0 Å². The highest BCUT2D eigenvalue weighted by atomic mass is 35.5. The van der Waals surface area contributed by atoms with Gasteiger partial charge in [-0.05, 0) is 48.2 Å². The maximum Gasteiger partial charge on any atom is 0.232 e. The van der Waals surface area contributed by atoms with Gasteiger partial charge in [0.2, 0.25) is 5.91 Å². The first-order chi connectivity index (χ1) is 11.2. The summed E-state index contributed by atoms with van der Waals surface area (Å²) in [5.41, 5.74) is 2.87. The minimum Gasteiger partial charge on any atom is -0.493 e. The van der Waals surface area contributed by atoms with Gasteiger partial charge in [0.05, 0.1) is 12.5 Å². The molecule has 0 unspecified atom stereocenters. The molecule has 1 aliphatic rings. The van der Waals surface area contributed by atoms with Gasteiger partial charge in [-0.1, -0.05) is 43.1 Å². The highest BCUT2D eigenvalue weighted by Crippen LogP contribution is 2.37. The van der Waals surface area contributed by atoms with Crippen LogP contribution in [0.5, 0.6) is 5.75 Å². The lowest BCUT2D eigenvalue weighted by Crippen LogP contribution is -2.15. The van der Waals surface area contributed by atoms with Gasteiger partial charge in [-0.15, -0.1) is 0 Å². The lowest BCUT2D eigenvalue weighted by atomic mass is 9.93. The smallest absolute Gasteiger partial charge is 0.232 e. The number of nitrogens with one attached hydrogen (secondary N) is 1. The summed E-state index contributed by atoms with van der Waals surface area (Å²) in [6, 6.07) is 13.5. The fourth-order valence-corrected chi connectivity index (χ4v) is 3.04. The number of ether oxygens (including phenoxy) is 1. The summed E-state index contributed by atoms with van der Waals surface area (Å²) in [4.78, 5) is 12.3. The quantitative estimate of drug-likeness (QED) is 0.773. The number of rotatable bonds is 6. The van der Waals surface area contributed by atoms with Crippen molar-refractivity contribution in [1.29, 1.82) is 0 Å². The van der Waals surface area contributed by atoms with Crippen molar-refractivity contribution in [2.45, 2.75) is 32.1 Å². The number of hydrogen-bond donors (Lipinski definition) is 1. The number of para-hydroxylation sites is 1. The molecule has 23 heavy (non-hydrogen) atoms. The molecule has 1 atom stereocenters. The molecule has 2 aromatic rings. The van der Waals surface area contributed by atoms with Gasteiger partial charge in [-0.3, -0.25) is 4.79 Å². The van der Waals surface area contributed by atoms with Gasteiger partial charge < -0.3 is 10.1 Å². The average molecular weight is 330 g/mol. The molecule has 1 aliphatic heterocycles. The first kappa shape index (κ1) is 15.9. The topological polar surface area (TPSA) is 38.3 Å². The second-order valence-electron chi connectivity index (χ2n) is 5.79. The van der Waals surface area contributed by atoms with Gasteiger partial charge in [0, 0.05) is 10.7 Å². The van der Waals surface area contributed by atoms with Gasteiger partial charge in [-0.2, -0.15) is 0 Å². The van der Waals surface area contributed by atoms with E-state index in [1.807, 2.05) is 36.4 Å². The van der Waals surface area contributed by atoms with Crippen LogP contribution in [0, 0.1) is 0 Å². The molecular weight excluding hydrogens is 310 g/mol. The molecule has 0 saturated carbocycles. The summed E-state index contributed by atoms with van der Waals surface area (Å²) >= 11 is 6.09. The second kappa shape index (κ2) is 7.05. The molecule has 0 spiro atoms. The first-order valence-corrected chi connectivity index (χ1v) is 8.38. The zero-order valence-electron chi connectivity index (χ0n) is 13.1. The fraction of sp³-hybridized carbons (Fsp3) is 0.316. The van der Waals surface area contributed by atoms with E-state index in [4.69, 9.17) is 16.3 Å². The molecule has 0 aromatic heterocycles. The van der Waals surface area contributed by atoms with Crippen LogP contribution in [0.1, 0.15) is 36.8 Å². The second-order valence-corrected chi connectivity index (χ2v) is 6.22. The molecule has 3 nitrogen and oxygen atoms in total. The molecule has 0 radical (unpaired) electrons. The van der Waals surface area contributed by atoms with Crippen LogP contribution in [0.2, 0.25) is 5.02 Å². The lowest BCUT2D eigenvalue weighted by molar-refractivity contribution is -0.117. The average Bonchev–Trinajstić information content (AvgIpc) is 2.85. The minimum absolute atomic E-state index is 0.0191. The molecule has 0 saturated heterocycles. The van der Waals surface area contributed by atoms with E-state index in [1.54, 1.807) is 6.07 Å². The Morgan fingerprint density at radius 1 is 1.22 bits per heavy atom. The Morgan fingerprint density at radius 3 is 2.87 bits per heavy atom. The molecule has 3 rings (SSSR count). The number of fused-ring (bicyclic) bond motifs is 1. The number of hydrogen-bond acceptors (Lipinski definition) is 2. The zero-order chi connectivity index (χ0) is 16.2. The standard InChI is InChI=1S/C19H20ClNO2/c1-2-3-10-23-18-7-5-4-6-13(18)11-16-15-12-14(20)8-9-17(15)21-19(16)22/h4-9,12,16H,2-3,10-11H2,1H3,(H,21,22)/t16-/m1/s1. The third-order valence-corrected chi connectivity index (χ3v) is 4.35. The summed E-state index contributed by atoms with van der Waals surface area (Å²) in [7, 11) is 0. The van der Waals surface area contributed by atoms with E-state index in [0.29, 0.717) is 18.1 Å². The van der Waals surface area contributed by atoms with Gasteiger partial charge in [0.15, 0.2) is 0 Å². The molecule has 1 heterocycles. The van der Waals surface area contributed by atoms with Crippen molar-refractivity contribution in [2.24, 2.45) is 0 Å². The van der Waals surface area contributed by atoms with E-state index in [0.717, 1.165) is 35.4 Å². The van der Waals surface area contributed by atoms with Gasteiger partial charge in [0.25, 0.3) is 0 Å². The van der Waals surface area contributed by atoms with Gasteiger partial charge in [0.1, 0.15) is 5.75 Å². The summed E-state index contributed by atoms with van der Waals surface area (Å²) in [5.74, 6) is 0.662. The Balaban J connectivity index is 1.83. The molecule has 0 fully saturated rings. The molecule has 4 heteroatoms. The molecule has 1 N–H and O–H groups in total. The Bertz CT molecular complexity index is 714. The predicted octanol–water partition coefficient (Wildman–Crippen LogP) is 4.80. The van der Waals surface area contributed by atoms with Crippen LogP contribution in [0.15, 0.2) is 42.5 Å². The summed E-state index contributed by atoms with van der Waals surface area (Å²) in [6.45, 7) is 2.84. The van der Waals surface area contributed by atoms with Crippen molar-refractivity contribution >= 4 is 23.2 Å². The highest BCUT2D eigenvalue weighted by Gasteiger charge is 2.31. The van der Waals surface area contributed by atoms with E-state index in [2.05, 4.69) is 12.2 Å². The van der Waals surface area contributed by atoms with Crippen molar-refractivity contribution in [3.8, 4) is 5.75 Å². The molecule has 120 valence electrons. The number of carbonyl (C=O) groups is 1. The third-order valence-electron chi connectivity index (χ3n) is 4.12. The van der Waals surface area contributed by atoms with Crippen LogP contribution in [-0.2, 0) is 11.2 Å². The Morgan fingerprint density at radius 2 is 2.04 bits per heavy atom. The lowest BCUT2D eigenvalue weighted by Gasteiger charge is -2.14. The zero-order valence-corrected chi connectivity index (χ0v) is 13.9. The predicted molar refractivity (Wildman–Crippen MR) is 93.4 cm³/mol. The Hall–Kier alpha value is -2.00. The van der Waals surface area contributed by atoms with Crippen LogP contribution < -0.4 is 10.1 Å². The van der Waals surface area contributed by atoms with Crippen molar-refractivity contribution < 1.29 is 9.53 Å². The summed E-state index contributed by atoms with van der Waals surface area (Å²) < 4.78 is 5.88. The largest absolute Gasteiger partial charge is 0.493 e. The minimum atomic E-state index is -0.223. The fourth-order valence-electron chi connectivity index (χ4n) is 2.86. The normalized spacial score (nSPS) is 16.1. The van der Waals surface area contributed by atoms with E-state index >= 15 is 0 Å². The number of benzene rings is 2. The van der Waals surface area contributed by atoms with Gasteiger partial charge in [-0.25, -0.2) is 0 Å². The molecule has 1 amide bonds. The molecular formula is C19H20ClNO2. The van der Waals surface area contributed by atoms with E-state index in [-0.39, 0.29) is 11.8 Å². The number of anilines is 1. The summed E-state index contributed by atoms with van der Waals surface area (Å²) in [5, 5.41) is 3.58. The van der Waals surface area contributed by atoms with E-state index < -0.39 is 0 Å². The number of amides is 1. The number of unbranched alkanes of at least 4 members (excludes halogenated alkanes) is 1. The van der Waals surface area contributed by atoms with Crippen LogP contribution in [0.25, 0.3) is 0 Å². The van der Waals surface area contributed by atoms with Crippen LogP contribution >= 0.6 is 11.6 Å². The van der Waals surface area contributed by atoms with Crippen molar-refractivity contribution in [3.05, 3.63) is 58.6 Å². The SMILES string of the molecule is CCCCOc1ccccc1C[C@H]1C(=O)Nc2ccc(Cl)cc21. The summed E-state index contributed by atoms with van der Waals surface area (Å²) in [6.07, 6.45) is 2.73. The Kier molecular flexibility index (Phi) is 4.87. The van der Waals surface area contributed by atoms with Crippen molar-refractivity contribution in [2.75, 3.05) is 11.9 Å². The molecule has 2 aromatic carbocycles. The first-order valence-electron chi connectivity index (χ1n) is 8.00. The monoisotopic (exact) mass is 329 g/mol. The van der Waals surface area contributed by atoms with Crippen LogP contribution in [-0.4, -0.2) is 12.5 Å². The maximum atomic E-state index is 12.3. The number of carbonyl (C=O) groups excluding carboxylic acids is 1. The Labute approximate surface area is 141 Å². The molecule has 0 bridgehead atoms.